The van der Waals surface area contributed by atoms with Gasteiger partial charge in [-0.05, 0) is 35.3 Å². The minimum Gasteiger partial charge on any atom is -0.214 e. The lowest BCUT2D eigenvalue weighted by atomic mass is 10.1. The molecular weight excluding hydrogens is 595 g/mol. The van der Waals surface area contributed by atoms with Crippen molar-refractivity contribution in [1.82, 2.24) is 24.1 Å². The molecule has 224 valence electrons. The number of aromatic nitrogens is 6. The Hall–Kier alpha value is -5.97. The van der Waals surface area contributed by atoms with E-state index in [2.05, 4.69) is 141 Å². The highest BCUT2D eigenvalue weighted by Gasteiger charge is 2.32. The van der Waals surface area contributed by atoms with Crippen molar-refractivity contribution in [2.75, 3.05) is 0 Å². The van der Waals surface area contributed by atoms with E-state index < -0.39 is 8.22 Å². The molecule has 0 amide bonds. The van der Waals surface area contributed by atoms with Gasteiger partial charge in [0, 0.05) is 28.3 Å². The molecular formula is C40H30N6P+. The van der Waals surface area contributed by atoms with Crippen LogP contribution in [0, 0.1) is 0 Å². The Balaban J connectivity index is 1.46. The molecule has 7 heteroatoms. The molecule has 8 aromatic rings. The molecule has 4 heterocycles. The van der Waals surface area contributed by atoms with Gasteiger partial charge in [0.15, 0.2) is 5.44 Å². The van der Waals surface area contributed by atoms with Crippen molar-refractivity contribution in [3.05, 3.63) is 182 Å². The fourth-order valence-corrected chi connectivity index (χ4v) is 7.96. The number of nitrogens with zero attached hydrogens (tertiary/aromatic N) is 6. The van der Waals surface area contributed by atoms with Crippen molar-refractivity contribution in [2.24, 2.45) is 0 Å². The fourth-order valence-electron chi connectivity index (χ4n) is 5.71. The van der Waals surface area contributed by atoms with Gasteiger partial charge in [-0.2, -0.15) is 14.8 Å². The van der Waals surface area contributed by atoms with Crippen LogP contribution in [0.1, 0.15) is 0 Å². The molecule has 0 atom stereocenters. The third kappa shape index (κ3) is 5.67. The van der Waals surface area contributed by atoms with Gasteiger partial charge in [0.05, 0.1) is 29.0 Å². The van der Waals surface area contributed by atoms with Crippen molar-refractivity contribution in [3.8, 4) is 50.8 Å². The zero-order valence-electron chi connectivity index (χ0n) is 25.5. The summed E-state index contributed by atoms with van der Waals surface area (Å²) < 4.78 is 6.51. The Morgan fingerprint density at radius 3 is 1.36 bits per heavy atom. The summed E-state index contributed by atoms with van der Waals surface area (Å²) in [6.07, 6.45) is 3.90. The first-order valence-corrected chi connectivity index (χ1v) is 16.7. The summed E-state index contributed by atoms with van der Waals surface area (Å²) in [6.45, 7) is 0. The predicted octanol–water partition coefficient (Wildman–Crippen LogP) is 8.45. The summed E-state index contributed by atoms with van der Waals surface area (Å²) in [5.41, 5.74) is 9.07. The monoisotopic (exact) mass is 625 g/mol. The normalized spacial score (nSPS) is 11.2. The molecule has 0 N–H and O–H groups in total. The van der Waals surface area contributed by atoms with Crippen LogP contribution in [-0.2, 0) is 0 Å². The summed E-state index contributed by atoms with van der Waals surface area (Å²) in [6, 6.07) is 58.3. The molecule has 0 saturated carbocycles. The van der Waals surface area contributed by atoms with E-state index in [0.29, 0.717) is 0 Å². The maximum absolute atomic E-state index is 5.41. The maximum atomic E-state index is 5.41. The van der Waals surface area contributed by atoms with Gasteiger partial charge in [-0.15, -0.1) is 0 Å². The van der Waals surface area contributed by atoms with Gasteiger partial charge in [0.1, 0.15) is 6.20 Å². The first-order valence-electron chi connectivity index (χ1n) is 15.5. The summed E-state index contributed by atoms with van der Waals surface area (Å²) >= 11 is 0. The van der Waals surface area contributed by atoms with Crippen molar-refractivity contribution >= 4 is 13.7 Å². The molecule has 0 aliphatic carbocycles. The Kier molecular flexibility index (Phi) is 7.76. The molecule has 0 bridgehead atoms. The van der Waals surface area contributed by atoms with E-state index >= 15 is 0 Å². The van der Waals surface area contributed by atoms with Gasteiger partial charge in [0.25, 0.3) is 0 Å². The molecule has 4 aromatic heterocycles. The molecule has 0 saturated heterocycles. The standard InChI is InChI=1S/C40H30N6P/c1-5-17-31(18-6-1)35-29-37(33-21-9-3-10-22-33)45(42-35)47(40-26-14-16-28-44(40)39-25-13-15-27-41-39)46-38(34-23-11-4-12-24-34)30-36(43-46)32-19-7-2-8-20-32/h1-30H/q+1. The van der Waals surface area contributed by atoms with Gasteiger partial charge in [0.2, 0.25) is 8.22 Å². The SMILES string of the molecule is c1ccc(-c2cc(-c3ccccc3)n(P(c3cccc[n+]3-c3ccccn3)n3nc(-c4ccccc4)cc3-c3ccccc3)n2)cc1. The summed E-state index contributed by atoms with van der Waals surface area (Å²) in [4.78, 5) is 4.76. The van der Waals surface area contributed by atoms with Gasteiger partial charge < -0.3 is 0 Å². The van der Waals surface area contributed by atoms with Crippen LogP contribution in [0.3, 0.4) is 0 Å². The number of hydrogen-bond acceptors (Lipinski definition) is 3. The molecule has 8 rings (SSSR count). The second-order valence-corrected chi connectivity index (χ2v) is 12.8. The Morgan fingerprint density at radius 2 is 0.894 bits per heavy atom. The van der Waals surface area contributed by atoms with Gasteiger partial charge in [-0.25, -0.2) is 8.90 Å². The Bertz CT molecular complexity index is 2110. The minimum absolute atomic E-state index is 0.823. The van der Waals surface area contributed by atoms with Crippen molar-refractivity contribution < 1.29 is 4.57 Å². The fraction of sp³-hybridized carbons (Fsp3) is 0. The van der Waals surface area contributed by atoms with E-state index in [-0.39, 0.29) is 0 Å². The van der Waals surface area contributed by atoms with Crippen LogP contribution in [0.15, 0.2) is 182 Å². The summed E-state index contributed by atoms with van der Waals surface area (Å²) in [7, 11) is -1.48. The lowest BCUT2D eigenvalue weighted by Crippen LogP contribution is -2.47. The number of rotatable bonds is 8. The van der Waals surface area contributed by atoms with E-state index in [1.165, 1.54) is 0 Å². The van der Waals surface area contributed by atoms with E-state index in [9.17, 15) is 0 Å². The largest absolute Gasteiger partial charge is 0.328 e. The molecule has 0 unspecified atom stereocenters. The first-order chi connectivity index (χ1) is 23.3. The summed E-state index contributed by atoms with van der Waals surface area (Å²) in [5.74, 6) is 0.823. The van der Waals surface area contributed by atoms with Crippen LogP contribution < -0.4 is 10.0 Å². The highest BCUT2D eigenvalue weighted by molar-refractivity contribution is 7.62. The highest BCUT2D eigenvalue weighted by atomic mass is 31.1. The minimum atomic E-state index is -1.48. The molecule has 0 fully saturated rings. The molecule has 47 heavy (non-hydrogen) atoms. The van der Waals surface area contributed by atoms with E-state index in [0.717, 1.165) is 56.3 Å². The number of hydrogen-bond donors (Lipinski definition) is 0. The van der Waals surface area contributed by atoms with E-state index in [1.807, 2.05) is 54.7 Å². The molecule has 0 radical (unpaired) electrons. The van der Waals surface area contributed by atoms with Crippen LogP contribution >= 0.6 is 8.22 Å². The second kappa shape index (κ2) is 12.8. The number of benzene rings is 4. The average Bonchev–Trinajstić information content (AvgIpc) is 3.80. The van der Waals surface area contributed by atoms with E-state index in [1.54, 1.807) is 0 Å². The average molecular weight is 626 g/mol. The van der Waals surface area contributed by atoms with Crippen LogP contribution in [-0.4, -0.2) is 24.1 Å². The third-order valence-electron chi connectivity index (χ3n) is 7.96. The number of pyridine rings is 2. The molecule has 0 spiro atoms. The molecule has 4 aromatic carbocycles. The topological polar surface area (TPSA) is 52.4 Å². The van der Waals surface area contributed by atoms with Gasteiger partial charge in [-0.1, -0.05) is 133 Å². The quantitative estimate of drug-likeness (QED) is 0.126. The van der Waals surface area contributed by atoms with Crippen molar-refractivity contribution in [2.45, 2.75) is 0 Å². The van der Waals surface area contributed by atoms with Crippen LogP contribution in [0.25, 0.3) is 50.8 Å². The van der Waals surface area contributed by atoms with Crippen molar-refractivity contribution in [1.29, 1.82) is 0 Å². The van der Waals surface area contributed by atoms with Crippen LogP contribution in [0.2, 0.25) is 0 Å². The Labute approximate surface area is 274 Å². The van der Waals surface area contributed by atoms with E-state index in [4.69, 9.17) is 15.2 Å². The predicted molar refractivity (Wildman–Crippen MR) is 189 cm³/mol. The molecule has 6 nitrogen and oxygen atoms in total. The Morgan fingerprint density at radius 1 is 0.447 bits per heavy atom. The lowest BCUT2D eigenvalue weighted by Gasteiger charge is -2.22. The van der Waals surface area contributed by atoms with Gasteiger partial charge >= 0.3 is 5.82 Å². The maximum Gasteiger partial charge on any atom is 0.328 e. The second-order valence-electron chi connectivity index (χ2n) is 11.0. The zero-order valence-corrected chi connectivity index (χ0v) is 26.3. The first kappa shape index (κ1) is 28.5. The molecule has 0 aliphatic heterocycles. The van der Waals surface area contributed by atoms with Crippen molar-refractivity contribution in [3.63, 3.8) is 0 Å². The zero-order chi connectivity index (χ0) is 31.4. The summed E-state index contributed by atoms with van der Waals surface area (Å²) in [5, 5.41) is 10.8. The van der Waals surface area contributed by atoms with Crippen LogP contribution in [0.5, 0.6) is 0 Å². The smallest absolute Gasteiger partial charge is 0.214 e. The van der Waals surface area contributed by atoms with Crippen LogP contribution in [0.4, 0.5) is 0 Å². The molecule has 0 aliphatic rings. The van der Waals surface area contributed by atoms with Gasteiger partial charge in [-0.3, -0.25) is 0 Å². The lowest BCUT2D eigenvalue weighted by molar-refractivity contribution is -0.580. The highest BCUT2D eigenvalue weighted by Crippen LogP contribution is 2.46. The third-order valence-corrected chi connectivity index (χ3v) is 10.1.